The monoisotopic (exact) mass is 313 g/mol. The van der Waals surface area contributed by atoms with E-state index in [1.165, 1.54) is 4.31 Å². The normalized spacial score (nSPS) is 26.3. The third-order valence-electron chi connectivity index (χ3n) is 3.51. The Kier molecular flexibility index (Phi) is 3.28. The SMILES string of the molecule is CC1(O)CCCN(S(=O)(=O)c2cccc3c2N=S=N3)C1. The summed E-state index contributed by atoms with van der Waals surface area (Å²) in [6.45, 7) is 2.20. The van der Waals surface area contributed by atoms with Crippen LogP contribution in [0, 0.1) is 0 Å². The molecule has 1 saturated heterocycles. The van der Waals surface area contributed by atoms with Gasteiger partial charge in [0.2, 0.25) is 10.0 Å². The van der Waals surface area contributed by atoms with E-state index in [1.54, 1.807) is 25.1 Å². The first-order valence-corrected chi connectivity index (χ1v) is 8.51. The number of hydrogen-bond donors (Lipinski definition) is 1. The summed E-state index contributed by atoms with van der Waals surface area (Å²) in [5, 5.41) is 10.1. The molecule has 8 heteroatoms. The molecule has 1 fully saturated rings. The van der Waals surface area contributed by atoms with Crippen LogP contribution in [0.1, 0.15) is 19.8 Å². The summed E-state index contributed by atoms with van der Waals surface area (Å²) < 4.78 is 35.0. The van der Waals surface area contributed by atoms with Crippen LogP contribution in [0.2, 0.25) is 0 Å². The van der Waals surface area contributed by atoms with Gasteiger partial charge in [-0.2, -0.15) is 13.0 Å². The van der Waals surface area contributed by atoms with Crippen LogP contribution in [0.5, 0.6) is 0 Å². The van der Waals surface area contributed by atoms with E-state index in [0.717, 1.165) is 11.4 Å². The van der Waals surface area contributed by atoms with E-state index >= 15 is 0 Å². The van der Waals surface area contributed by atoms with Crippen molar-refractivity contribution in [1.82, 2.24) is 4.31 Å². The number of aliphatic hydroxyl groups is 1. The molecule has 1 aromatic carbocycles. The van der Waals surface area contributed by atoms with Gasteiger partial charge in [0.05, 0.1) is 17.0 Å². The molecule has 1 aromatic rings. The molecule has 20 heavy (non-hydrogen) atoms. The summed E-state index contributed by atoms with van der Waals surface area (Å²) in [7, 11) is -3.65. The first-order chi connectivity index (χ1) is 9.40. The van der Waals surface area contributed by atoms with Crippen molar-refractivity contribution in [3.05, 3.63) is 18.2 Å². The van der Waals surface area contributed by atoms with Gasteiger partial charge in [0, 0.05) is 13.1 Å². The number of rotatable bonds is 2. The van der Waals surface area contributed by atoms with Crippen LogP contribution in [-0.2, 0) is 21.4 Å². The average Bonchev–Trinajstić information content (AvgIpc) is 2.85. The number of nitrogens with zero attached hydrogens (tertiary/aromatic N) is 3. The summed E-state index contributed by atoms with van der Waals surface area (Å²) in [4.78, 5) is 0.168. The molecule has 0 bridgehead atoms. The van der Waals surface area contributed by atoms with Crippen molar-refractivity contribution in [3.63, 3.8) is 0 Å². The Morgan fingerprint density at radius 2 is 2.20 bits per heavy atom. The van der Waals surface area contributed by atoms with Crippen LogP contribution >= 0.6 is 0 Å². The van der Waals surface area contributed by atoms with Crippen molar-refractivity contribution in [2.24, 2.45) is 8.73 Å². The summed E-state index contributed by atoms with van der Waals surface area (Å²) in [6, 6.07) is 4.95. The highest BCUT2D eigenvalue weighted by molar-refractivity contribution is 7.89. The zero-order chi connectivity index (χ0) is 14.4. The minimum absolute atomic E-state index is 0.114. The highest BCUT2D eigenvalue weighted by Crippen LogP contribution is 2.39. The van der Waals surface area contributed by atoms with Crippen molar-refractivity contribution in [2.75, 3.05) is 13.1 Å². The lowest BCUT2D eigenvalue weighted by Crippen LogP contribution is -2.48. The maximum absolute atomic E-state index is 12.7. The Bertz CT molecular complexity index is 721. The Balaban J connectivity index is 2.01. The summed E-state index contributed by atoms with van der Waals surface area (Å²) in [6.07, 6.45) is 1.26. The van der Waals surface area contributed by atoms with E-state index in [2.05, 4.69) is 8.73 Å². The third-order valence-corrected chi connectivity index (χ3v) is 5.93. The average molecular weight is 313 g/mol. The van der Waals surface area contributed by atoms with Gasteiger partial charge in [0.1, 0.15) is 16.3 Å². The van der Waals surface area contributed by atoms with E-state index in [-0.39, 0.29) is 11.4 Å². The Morgan fingerprint density at radius 1 is 1.40 bits per heavy atom. The first kappa shape index (κ1) is 13.9. The van der Waals surface area contributed by atoms with Crippen LogP contribution in [-0.4, -0.2) is 36.5 Å². The standard InChI is InChI=1S/C12H15N3O3S2/c1-12(16)6-3-7-15(8-12)20(17,18)10-5-2-4-9-11(10)14-19-13-9/h2,4-5,16H,3,6-8H2,1H3. The van der Waals surface area contributed by atoms with Gasteiger partial charge in [-0.3, -0.25) is 0 Å². The second kappa shape index (κ2) is 4.73. The zero-order valence-corrected chi connectivity index (χ0v) is 12.6. The quantitative estimate of drug-likeness (QED) is 0.920. The molecular formula is C12H15N3O3S2. The van der Waals surface area contributed by atoms with Crippen LogP contribution < -0.4 is 0 Å². The van der Waals surface area contributed by atoms with Gasteiger partial charge in [-0.05, 0) is 31.9 Å². The fourth-order valence-electron chi connectivity index (χ4n) is 2.51. The lowest BCUT2D eigenvalue weighted by molar-refractivity contribution is 0.00941. The van der Waals surface area contributed by atoms with E-state index < -0.39 is 15.6 Å². The molecule has 6 nitrogen and oxygen atoms in total. The van der Waals surface area contributed by atoms with Crippen LogP contribution in [0.15, 0.2) is 31.8 Å². The highest BCUT2D eigenvalue weighted by atomic mass is 32.2. The molecule has 108 valence electrons. The molecule has 2 aliphatic rings. The number of benzene rings is 1. The predicted octanol–water partition coefficient (Wildman–Crippen LogP) is 1.95. The lowest BCUT2D eigenvalue weighted by Gasteiger charge is -2.36. The van der Waals surface area contributed by atoms with Crippen molar-refractivity contribution in [1.29, 1.82) is 0 Å². The van der Waals surface area contributed by atoms with Gasteiger partial charge in [-0.25, -0.2) is 8.42 Å². The molecular weight excluding hydrogens is 298 g/mol. The van der Waals surface area contributed by atoms with E-state index in [9.17, 15) is 13.5 Å². The molecule has 1 N–H and O–H groups in total. The van der Waals surface area contributed by atoms with Crippen LogP contribution in [0.25, 0.3) is 0 Å². The minimum Gasteiger partial charge on any atom is -0.389 e. The predicted molar refractivity (Wildman–Crippen MR) is 76.6 cm³/mol. The van der Waals surface area contributed by atoms with Gasteiger partial charge >= 0.3 is 0 Å². The van der Waals surface area contributed by atoms with Gasteiger partial charge in [-0.15, -0.1) is 0 Å². The second-order valence-corrected chi connectivity index (χ2v) is 7.76. The van der Waals surface area contributed by atoms with Crippen LogP contribution in [0.3, 0.4) is 0 Å². The lowest BCUT2D eigenvalue weighted by atomic mass is 9.97. The first-order valence-electron chi connectivity index (χ1n) is 6.34. The summed E-state index contributed by atoms with van der Waals surface area (Å²) >= 11 is 0.997. The Hall–Kier alpha value is -1.09. The minimum atomic E-state index is -3.65. The number of β-amino-alcohol motifs (C(OH)–C–C–N with tert-alkyl or cyclic N) is 1. The molecule has 2 aliphatic heterocycles. The van der Waals surface area contributed by atoms with Gasteiger partial charge in [-0.1, -0.05) is 6.07 Å². The molecule has 0 radical (unpaired) electrons. The van der Waals surface area contributed by atoms with E-state index in [1.807, 2.05) is 0 Å². The molecule has 0 spiro atoms. The molecule has 1 unspecified atom stereocenters. The molecule has 0 aliphatic carbocycles. The molecule has 0 saturated carbocycles. The summed E-state index contributed by atoms with van der Waals surface area (Å²) in [5.74, 6) is 0. The highest BCUT2D eigenvalue weighted by Gasteiger charge is 2.37. The molecule has 0 amide bonds. The molecule has 1 atom stereocenters. The van der Waals surface area contributed by atoms with Crippen molar-refractivity contribution in [3.8, 4) is 0 Å². The largest absolute Gasteiger partial charge is 0.389 e. The van der Waals surface area contributed by atoms with Crippen LogP contribution in [0.4, 0.5) is 11.4 Å². The number of piperidine rings is 1. The van der Waals surface area contributed by atoms with Gasteiger partial charge in [0.15, 0.2) is 0 Å². The zero-order valence-electron chi connectivity index (χ0n) is 11.0. The topological polar surface area (TPSA) is 82.3 Å². The fraction of sp³-hybridized carbons (Fsp3) is 0.500. The summed E-state index contributed by atoms with van der Waals surface area (Å²) in [5.41, 5.74) is 0.0158. The maximum Gasteiger partial charge on any atom is 0.245 e. The molecule has 2 heterocycles. The molecule has 0 aromatic heterocycles. The molecule has 3 rings (SSSR count). The fourth-order valence-corrected chi connectivity index (χ4v) is 4.86. The van der Waals surface area contributed by atoms with Gasteiger partial charge < -0.3 is 5.11 Å². The second-order valence-electron chi connectivity index (χ2n) is 5.33. The maximum atomic E-state index is 12.7. The number of sulfonamides is 1. The van der Waals surface area contributed by atoms with E-state index in [4.69, 9.17) is 0 Å². The van der Waals surface area contributed by atoms with Crippen molar-refractivity contribution in [2.45, 2.75) is 30.3 Å². The third kappa shape index (κ3) is 2.32. The van der Waals surface area contributed by atoms with Crippen molar-refractivity contribution < 1.29 is 13.5 Å². The Morgan fingerprint density at radius 3 is 2.95 bits per heavy atom. The Labute approximate surface area is 121 Å². The van der Waals surface area contributed by atoms with Gasteiger partial charge in [0.25, 0.3) is 0 Å². The number of fused-ring (bicyclic) bond motifs is 1. The van der Waals surface area contributed by atoms with E-state index in [0.29, 0.717) is 30.8 Å². The smallest absolute Gasteiger partial charge is 0.245 e. The van der Waals surface area contributed by atoms with Crippen molar-refractivity contribution >= 4 is 32.8 Å². The number of hydrogen-bond acceptors (Lipinski definition) is 5.